The van der Waals surface area contributed by atoms with Crippen LogP contribution in [0.3, 0.4) is 0 Å². The Labute approximate surface area is 200 Å². The largest absolute Gasteiger partial charge is 0.351 e. The van der Waals surface area contributed by atoms with E-state index >= 15 is 0 Å². The van der Waals surface area contributed by atoms with Gasteiger partial charge < -0.3 is 10.2 Å². The number of non-ortho nitro benzene ring substituents is 1. The molecule has 1 heterocycles. The van der Waals surface area contributed by atoms with Gasteiger partial charge in [0.05, 0.1) is 11.0 Å². The fourth-order valence-electron chi connectivity index (χ4n) is 5.21. The van der Waals surface area contributed by atoms with E-state index in [0.717, 1.165) is 31.2 Å². The highest BCUT2D eigenvalue weighted by Crippen LogP contribution is 2.31. The van der Waals surface area contributed by atoms with Crippen molar-refractivity contribution in [1.82, 2.24) is 15.1 Å². The number of hydrogen-bond acceptors (Lipinski definition) is 5. The molecule has 1 N–H and O–H groups in total. The van der Waals surface area contributed by atoms with Crippen LogP contribution in [-0.2, 0) is 11.3 Å². The van der Waals surface area contributed by atoms with Gasteiger partial charge >= 0.3 is 0 Å². The predicted molar refractivity (Wildman–Crippen MR) is 129 cm³/mol. The fourth-order valence-corrected chi connectivity index (χ4v) is 5.21. The summed E-state index contributed by atoms with van der Waals surface area (Å²) in [6.45, 7) is 4.77. The van der Waals surface area contributed by atoms with Crippen molar-refractivity contribution in [3.63, 3.8) is 0 Å². The summed E-state index contributed by atoms with van der Waals surface area (Å²) in [6, 6.07) is 13.8. The summed E-state index contributed by atoms with van der Waals surface area (Å²) in [4.78, 5) is 40.8. The molecule has 0 radical (unpaired) electrons. The summed E-state index contributed by atoms with van der Waals surface area (Å²) in [6.07, 6.45) is 4.40. The monoisotopic (exact) mass is 464 g/mol. The Kier molecular flexibility index (Phi) is 7.57. The molecule has 1 aliphatic carbocycles. The van der Waals surface area contributed by atoms with Crippen LogP contribution >= 0.6 is 0 Å². The molecule has 0 aromatic heterocycles. The Morgan fingerprint density at radius 3 is 2.44 bits per heavy atom. The molecular formula is C26H32N4O4. The molecule has 180 valence electrons. The number of piperazine rings is 1. The first kappa shape index (κ1) is 23.9. The smallest absolute Gasteiger partial charge is 0.270 e. The van der Waals surface area contributed by atoms with Crippen molar-refractivity contribution < 1.29 is 14.5 Å². The molecule has 2 fully saturated rings. The Bertz CT molecular complexity index is 1040. The molecule has 8 nitrogen and oxygen atoms in total. The standard InChI is InChI=1S/C26H32N4O4/c1-19-6-4-7-20(16-19)18-27-25(31)24(21-8-2-3-9-21)28-12-14-29(15-13-28)26(32)22-10-5-11-23(17-22)30(33)34/h4-7,10-11,16-17,21,24H,2-3,8-9,12-15,18H2,1H3,(H,27,31)/t24-/m0/s1. The lowest BCUT2D eigenvalue weighted by Crippen LogP contribution is -2.57. The normalized spacial score (nSPS) is 18.0. The van der Waals surface area contributed by atoms with Gasteiger partial charge in [-0.05, 0) is 37.3 Å². The third kappa shape index (κ3) is 5.62. The Morgan fingerprint density at radius 1 is 1.06 bits per heavy atom. The number of aryl methyl sites for hydroxylation is 1. The molecule has 2 aromatic rings. The molecule has 0 spiro atoms. The highest BCUT2D eigenvalue weighted by atomic mass is 16.6. The zero-order chi connectivity index (χ0) is 24.1. The molecule has 2 aliphatic rings. The first-order valence-corrected chi connectivity index (χ1v) is 12.0. The maximum absolute atomic E-state index is 13.3. The summed E-state index contributed by atoms with van der Waals surface area (Å²) < 4.78 is 0. The number of hydrogen-bond donors (Lipinski definition) is 1. The van der Waals surface area contributed by atoms with E-state index in [1.54, 1.807) is 11.0 Å². The Balaban J connectivity index is 1.39. The predicted octanol–water partition coefficient (Wildman–Crippen LogP) is 3.54. The third-order valence-electron chi connectivity index (χ3n) is 6.96. The number of amides is 2. The SMILES string of the molecule is Cc1cccc(CNC(=O)[C@H](C2CCCC2)N2CCN(C(=O)c3cccc([N+](=O)[O-])c3)CC2)c1. The molecule has 1 saturated carbocycles. The molecule has 1 atom stereocenters. The van der Waals surface area contributed by atoms with Gasteiger partial charge in [0.1, 0.15) is 0 Å². The van der Waals surface area contributed by atoms with Gasteiger partial charge in [0.25, 0.3) is 11.6 Å². The second-order valence-electron chi connectivity index (χ2n) is 9.33. The Hall–Kier alpha value is -3.26. The highest BCUT2D eigenvalue weighted by molar-refractivity contribution is 5.95. The molecule has 0 bridgehead atoms. The summed E-state index contributed by atoms with van der Waals surface area (Å²) in [7, 11) is 0. The van der Waals surface area contributed by atoms with Crippen molar-refractivity contribution in [3.05, 3.63) is 75.3 Å². The van der Waals surface area contributed by atoms with E-state index in [0.29, 0.717) is 44.2 Å². The third-order valence-corrected chi connectivity index (χ3v) is 6.96. The van der Waals surface area contributed by atoms with Gasteiger partial charge in [-0.15, -0.1) is 0 Å². The van der Waals surface area contributed by atoms with Crippen LogP contribution in [0.4, 0.5) is 5.69 Å². The van der Waals surface area contributed by atoms with Crippen LogP contribution in [0.2, 0.25) is 0 Å². The van der Waals surface area contributed by atoms with E-state index in [1.807, 2.05) is 25.1 Å². The second-order valence-corrected chi connectivity index (χ2v) is 9.33. The minimum absolute atomic E-state index is 0.0619. The lowest BCUT2D eigenvalue weighted by Gasteiger charge is -2.40. The zero-order valence-corrected chi connectivity index (χ0v) is 19.6. The lowest BCUT2D eigenvalue weighted by molar-refractivity contribution is -0.384. The fraction of sp³-hybridized carbons (Fsp3) is 0.462. The van der Waals surface area contributed by atoms with Crippen molar-refractivity contribution >= 4 is 17.5 Å². The molecule has 8 heteroatoms. The van der Waals surface area contributed by atoms with Crippen molar-refractivity contribution in [3.8, 4) is 0 Å². The average Bonchev–Trinajstić information content (AvgIpc) is 3.37. The maximum Gasteiger partial charge on any atom is 0.270 e. The van der Waals surface area contributed by atoms with Gasteiger partial charge in [-0.3, -0.25) is 24.6 Å². The molecule has 4 rings (SSSR count). The lowest BCUT2D eigenvalue weighted by atomic mass is 9.94. The number of carbonyl (C=O) groups is 2. The number of nitrogens with one attached hydrogen (secondary N) is 1. The van der Waals surface area contributed by atoms with Crippen LogP contribution in [0.15, 0.2) is 48.5 Å². The van der Waals surface area contributed by atoms with Crippen molar-refractivity contribution in [1.29, 1.82) is 0 Å². The number of nitro groups is 1. The van der Waals surface area contributed by atoms with Crippen molar-refractivity contribution in [2.24, 2.45) is 5.92 Å². The van der Waals surface area contributed by atoms with E-state index in [-0.39, 0.29) is 23.5 Å². The average molecular weight is 465 g/mol. The first-order valence-electron chi connectivity index (χ1n) is 12.0. The van der Waals surface area contributed by atoms with Gasteiger partial charge in [0.2, 0.25) is 5.91 Å². The minimum Gasteiger partial charge on any atom is -0.351 e. The molecule has 34 heavy (non-hydrogen) atoms. The maximum atomic E-state index is 13.3. The number of carbonyl (C=O) groups excluding carboxylic acids is 2. The molecule has 2 amide bonds. The van der Waals surface area contributed by atoms with Crippen LogP contribution in [0.1, 0.15) is 47.2 Å². The minimum atomic E-state index is -0.490. The zero-order valence-electron chi connectivity index (χ0n) is 19.6. The number of nitrogens with zero attached hydrogens (tertiary/aromatic N) is 3. The second kappa shape index (κ2) is 10.8. The van der Waals surface area contributed by atoms with Crippen LogP contribution < -0.4 is 5.32 Å². The number of benzene rings is 2. The van der Waals surface area contributed by atoms with Crippen LogP contribution in [0, 0.1) is 23.0 Å². The van der Waals surface area contributed by atoms with Crippen molar-refractivity contribution in [2.45, 2.75) is 45.2 Å². The summed E-state index contributed by atoms with van der Waals surface area (Å²) in [5.74, 6) is 0.188. The number of nitro benzene ring substituents is 1. The van der Waals surface area contributed by atoms with Gasteiger partial charge in [-0.2, -0.15) is 0 Å². The van der Waals surface area contributed by atoms with Gasteiger partial charge in [0.15, 0.2) is 0 Å². The Morgan fingerprint density at radius 2 is 1.76 bits per heavy atom. The van der Waals surface area contributed by atoms with E-state index < -0.39 is 4.92 Å². The molecule has 1 saturated heterocycles. The quantitative estimate of drug-likeness (QED) is 0.500. The highest BCUT2D eigenvalue weighted by Gasteiger charge is 2.37. The van der Waals surface area contributed by atoms with Gasteiger partial charge in [0, 0.05) is 50.4 Å². The molecule has 2 aromatic carbocycles. The molecule has 0 unspecified atom stereocenters. The summed E-state index contributed by atoms with van der Waals surface area (Å²) >= 11 is 0. The van der Waals surface area contributed by atoms with E-state index in [9.17, 15) is 19.7 Å². The van der Waals surface area contributed by atoms with Gasteiger partial charge in [-0.25, -0.2) is 0 Å². The van der Waals surface area contributed by atoms with Crippen molar-refractivity contribution in [2.75, 3.05) is 26.2 Å². The molecular weight excluding hydrogens is 432 g/mol. The van der Waals surface area contributed by atoms with Gasteiger partial charge in [-0.1, -0.05) is 48.7 Å². The first-order chi connectivity index (χ1) is 16.4. The topological polar surface area (TPSA) is 95.8 Å². The van der Waals surface area contributed by atoms with E-state index in [4.69, 9.17) is 0 Å². The summed E-state index contributed by atoms with van der Waals surface area (Å²) in [5, 5.41) is 14.2. The number of rotatable bonds is 7. The summed E-state index contributed by atoms with van der Waals surface area (Å²) in [5.41, 5.74) is 2.50. The van der Waals surface area contributed by atoms with E-state index in [2.05, 4.69) is 16.3 Å². The van der Waals surface area contributed by atoms with Crippen LogP contribution in [0.5, 0.6) is 0 Å². The van der Waals surface area contributed by atoms with Crippen LogP contribution in [-0.4, -0.2) is 58.8 Å². The van der Waals surface area contributed by atoms with Crippen LogP contribution in [0.25, 0.3) is 0 Å². The van der Waals surface area contributed by atoms with E-state index in [1.165, 1.54) is 23.8 Å². The molecule has 1 aliphatic heterocycles.